The minimum atomic E-state index is 1.24. The van der Waals surface area contributed by atoms with Crippen LogP contribution >= 0.6 is 38.5 Å². The van der Waals surface area contributed by atoms with Gasteiger partial charge in [0.2, 0.25) is 0 Å². The van der Waals surface area contributed by atoms with Crippen molar-refractivity contribution in [2.75, 3.05) is 0 Å². The molecule has 0 unspecified atom stereocenters. The van der Waals surface area contributed by atoms with Crippen molar-refractivity contribution in [1.82, 2.24) is 0 Å². The highest BCUT2D eigenvalue weighted by Gasteiger charge is 2.05. The van der Waals surface area contributed by atoms with Crippen LogP contribution in [0.3, 0.4) is 0 Å². The van der Waals surface area contributed by atoms with Gasteiger partial charge in [0.1, 0.15) is 0 Å². The van der Waals surface area contributed by atoms with E-state index in [-0.39, 0.29) is 0 Å². The first-order valence-electron chi connectivity index (χ1n) is 3.46. The van der Waals surface area contributed by atoms with Gasteiger partial charge in [-0.05, 0) is 60.1 Å². The fourth-order valence-electron chi connectivity index (χ4n) is 1.14. The first kappa shape index (κ1) is 9.52. The molecule has 0 nitrogen and oxygen atoms in total. The van der Waals surface area contributed by atoms with Crippen molar-refractivity contribution < 1.29 is 0 Å². The monoisotopic (exact) mass is 324 g/mol. The maximum absolute atomic E-state index is 3.56. The van der Waals surface area contributed by atoms with E-state index in [0.29, 0.717) is 0 Å². The summed E-state index contributed by atoms with van der Waals surface area (Å²) in [5, 5.41) is 0. The second-order valence-electron chi connectivity index (χ2n) is 2.76. The summed E-state index contributed by atoms with van der Waals surface area (Å²) in [6.45, 7) is 6.42. The van der Waals surface area contributed by atoms with Gasteiger partial charge in [-0.15, -0.1) is 0 Å². The zero-order valence-corrected chi connectivity index (χ0v) is 10.6. The molecule has 0 bridgehead atoms. The van der Waals surface area contributed by atoms with Crippen molar-refractivity contribution in [3.05, 3.63) is 30.8 Å². The SMILES string of the molecule is Cc1cc(C)c(I)c(C)c1Br. The fourth-order valence-corrected chi connectivity index (χ4v) is 2.25. The van der Waals surface area contributed by atoms with E-state index in [1.165, 1.54) is 24.7 Å². The van der Waals surface area contributed by atoms with E-state index in [1.807, 2.05) is 0 Å². The van der Waals surface area contributed by atoms with Crippen LogP contribution in [0, 0.1) is 24.3 Å². The van der Waals surface area contributed by atoms with Crippen molar-refractivity contribution in [1.29, 1.82) is 0 Å². The van der Waals surface area contributed by atoms with Gasteiger partial charge in [-0.1, -0.05) is 22.0 Å². The van der Waals surface area contributed by atoms with Gasteiger partial charge >= 0.3 is 0 Å². The summed E-state index contributed by atoms with van der Waals surface area (Å²) in [5.41, 5.74) is 4.03. The number of rotatable bonds is 0. The molecule has 0 aliphatic rings. The molecular weight excluding hydrogens is 315 g/mol. The topological polar surface area (TPSA) is 0 Å². The summed E-state index contributed by atoms with van der Waals surface area (Å²) in [4.78, 5) is 0. The maximum Gasteiger partial charge on any atom is 0.0244 e. The van der Waals surface area contributed by atoms with Crippen LogP contribution in [-0.4, -0.2) is 0 Å². The highest BCUT2D eigenvalue weighted by molar-refractivity contribution is 14.1. The fraction of sp³-hybridized carbons (Fsp3) is 0.333. The second kappa shape index (κ2) is 3.44. The lowest BCUT2D eigenvalue weighted by Crippen LogP contribution is -1.90. The third-order valence-electron chi connectivity index (χ3n) is 1.78. The Morgan fingerprint density at radius 1 is 1.18 bits per heavy atom. The third-order valence-corrected chi connectivity index (χ3v) is 4.66. The summed E-state index contributed by atoms with van der Waals surface area (Å²) in [7, 11) is 0. The first-order valence-corrected chi connectivity index (χ1v) is 5.33. The van der Waals surface area contributed by atoms with Crippen molar-refractivity contribution in [3.63, 3.8) is 0 Å². The highest BCUT2D eigenvalue weighted by Crippen LogP contribution is 2.27. The van der Waals surface area contributed by atoms with E-state index >= 15 is 0 Å². The second-order valence-corrected chi connectivity index (χ2v) is 4.64. The molecule has 0 radical (unpaired) electrons. The van der Waals surface area contributed by atoms with Crippen LogP contribution in [-0.2, 0) is 0 Å². The summed E-state index contributed by atoms with van der Waals surface area (Å²) in [5.74, 6) is 0. The standard InChI is InChI=1S/C9H10BrI/c1-5-4-6(2)9(11)7(3)8(5)10/h4H,1-3H3. The molecule has 60 valence electrons. The smallest absolute Gasteiger partial charge is 0.0244 e. The van der Waals surface area contributed by atoms with Gasteiger partial charge in [-0.25, -0.2) is 0 Å². The number of halogens is 2. The van der Waals surface area contributed by atoms with Crippen LogP contribution in [0.15, 0.2) is 10.5 Å². The molecule has 0 heterocycles. The quantitative estimate of drug-likeness (QED) is 0.633. The Balaban J connectivity index is 3.46. The van der Waals surface area contributed by atoms with Gasteiger partial charge in [0.25, 0.3) is 0 Å². The Labute approximate surface area is 89.7 Å². The molecule has 2 heteroatoms. The van der Waals surface area contributed by atoms with Gasteiger partial charge in [0, 0.05) is 8.04 Å². The van der Waals surface area contributed by atoms with Gasteiger partial charge in [0.15, 0.2) is 0 Å². The lowest BCUT2D eigenvalue weighted by atomic mass is 10.1. The van der Waals surface area contributed by atoms with Crippen molar-refractivity contribution in [3.8, 4) is 0 Å². The van der Waals surface area contributed by atoms with Crippen LogP contribution in [0.5, 0.6) is 0 Å². The average Bonchev–Trinajstić information content (AvgIpc) is 1.97. The predicted octanol–water partition coefficient (Wildman–Crippen LogP) is 3.98. The molecular formula is C9H10BrI. The molecule has 0 aliphatic carbocycles. The lowest BCUT2D eigenvalue weighted by Gasteiger charge is -2.07. The van der Waals surface area contributed by atoms with Gasteiger partial charge in [-0.3, -0.25) is 0 Å². The van der Waals surface area contributed by atoms with E-state index in [2.05, 4.69) is 65.4 Å². The zero-order chi connectivity index (χ0) is 8.59. The van der Waals surface area contributed by atoms with Crippen LogP contribution in [0.4, 0.5) is 0 Å². The van der Waals surface area contributed by atoms with Crippen molar-refractivity contribution in [2.45, 2.75) is 20.8 Å². The Kier molecular flexibility index (Phi) is 2.97. The predicted molar refractivity (Wildman–Crippen MR) is 61.1 cm³/mol. The Hall–Kier alpha value is 0.430. The molecule has 0 aliphatic heterocycles. The van der Waals surface area contributed by atoms with Crippen molar-refractivity contribution >= 4 is 38.5 Å². The highest BCUT2D eigenvalue weighted by atomic mass is 127. The molecule has 0 aromatic heterocycles. The molecule has 0 amide bonds. The molecule has 11 heavy (non-hydrogen) atoms. The molecule has 1 rings (SSSR count). The number of aryl methyl sites for hydroxylation is 2. The van der Waals surface area contributed by atoms with Gasteiger partial charge in [-0.2, -0.15) is 0 Å². The summed E-state index contributed by atoms with van der Waals surface area (Å²) >= 11 is 5.94. The van der Waals surface area contributed by atoms with E-state index in [0.717, 1.165) is 0 Å². The number of hydrogen-bond donors (Lipinski definition) is 0. The summed E-state index contributed by atoms with van der Waals surface area (Å²) in [6.07, 6.45) is 0. The molecule has 1 aromatic carbocycles. The van der Waals surface area contributed by atoms with Crippen LogP contribution in [0.1, 0.15) is 16.7 Å². The molecule has 0 fully saturated rings. The lowest BCUT2D eigenvalue weighted by molar-refractivity contribution is 1.26. The first-order chi connectivity index (χ1) is 5.04. The molecule has 0 N–H and O–H groups in total. The molecule has 0 spiro atoms. The normalized spacial score (nSPS) is 10.3. The minimum Gasteiger partial charge on any atom is -0.0542 e. The van der Waals surface area contributed by atoms with Crippen LogP contribution in [0.25, 0.3) is 0 Å². The Bertz CT molecular complexity index is 266. The Morgan fingerprint density at radius 3 is 2.27 bits per heavy atom. The average molecular weight is 325 g/mol. The van der Waals surface area contributed by atoms with E-state index < -0.39 is 0 Å². The van der Waals surface area contributed by atoms with Gasteiger partial charge in [0.05, 0.1) is 0 Å². The number of hydrogen-bond acceptors (Lipinski definition) is 0. The largest absolute Gasteiger partial charge is 0.0542 e. The van der Waals surface area contributed by atoms with Crippen LogP contribution in [0.2, 0.25) is 0 Å². The summed E-state index contributed by atoms with van der Waals surface area (Å²) < 4.78 is 2.60. The summed E-state index contributed by atoms with van der Waals surface area (Å²) in [6, 6.07) is 2.21. The van der Waals surface area contributed by atoms with E-state index in [4.69, 9.17) is 0 Å². The van der Waals surface area contributed by atoms with Crippen molar-refractivity contribution in [2.24, 2.45) is 0 Å². The molecule has 0 atom stereocenters. The molecule has 0 saturated carbocycles. The minimum absolute atomic E-state index is 1.24. The molecule has 1 aromatic rings. The third kappa shape index (κ3) is 1.78. The maximum atomic E-state index is 3.56. The number of benzene rings is 1. The zero-order valence-electron chi connectivity index (χ0n) is 6.83. The van der Waals surface area contributed by atoms with E-state index in [9.17, 15) is 0 Å². The Morgan fingerprint density at radius 2 is 1.73 bits per heavy atom. The van der Waals surface area contributed by atoms with E-state index in [1.54, 1.807) is 0 Å². The van der Waals surface area contributed by atoms with Gasteiger partial charge < -0.3 is 0 Å². The van der Waals surface area contributed by atoms with Crippen LogP contribution < -0.4 is 0 Å². The molecule has 0 saturated heterocycles.